The van der Waals surface area contributed by atoms with E-state index in [1.807, 2.05) is 51.3 Å². The van der Waals surface area contributed by atoms with Crippen LogP contribution in [-0.4, -0.2) is 69.6 Å². The predicted molar refractivity (Wildman–Crippen MR) is 126 cm³/mol. The van der Waals surface area contributed by atoms with Gasteiger partial charge in [-0.3, -0.25) is 0 Å². The van der Waals surface area contributed by atoms with Gasteiger partial charge in [0.15, 0.2) is 0 Å². The molecule has 186 valence electrons. The van der Waals surface area contributed by atoms with Gasteiger partial charge in [0, 0.05) is 24.2 Å². The van der Waals surface area contributed by atoms with Gasteiger partial charge in [-0.25, -0.2) is 9.59 Å². The molecular weight excluding hydrogens is 420 g/mol. The number of piperidine rings is 2. The summed E-state index contributed by atoms with van der Waals surface area (Å²) in [5.74, 6) is 0. The van der Waals surface area contributed by atoms with Gasteiger partial charge in [-0.1, -0.05) is 12.2 Å². The minimum atomic E-state index is -0.401. The van der Waals surface area contributed by atoms with Gasteiger partial charge in [-0.2, -0.15) is 0 Å². The van der Waals surface area contributed by atoms with Crippen LogP contribution in [0.25, 0.3) is 0 Å². The first kappa shape index (κ1) is 24.4. The van der Waals surface area contributed by atoms with E-state index in [1.54, 1.807) is 0 Å². The highest BCUT2D eigenvalue weighted by atomic mass is 16.6. The van der Waals surface area contributed by atoms with Crippen molar-refractivity contribution < 1.29 is 23.8 Å². The molecule has 0 aromatic carbocycles. The van der Waals surface area contributed by atoms with E-state index in [-0.39, 0.29) is 17.8 Å². The highest BCUT2D eigenvalue weighted by molar-refractivity contribution is 5.70. The summed E-state index contributed by atoms with van der Waals surface area (Å²) >= 11 is 0. The van der Waals surface area contributed by atoms with E-state index in [4.69, 9.17) is 14.2 Å². The van der Waals surface area contributed by atoms with Crippen molar-refractivity contribution in [1.29, 1.82) is 0 Å². The number of carbonyl (C=O) groups is 2. The maximum absolute atomic E-state index is 12.2. The number of fused-ring (bicyclic) bond motifs is 4. The molecular formula is C26H42N2O5. The van der Waals surface area contributed by atoms with Crippen molar-refractivity contribution in [2.24, 2.45) is 0 Å². The number of epoxide rings is 1. The Morgan fingerprint density at radius 3 is 1.55 bits per heavy atom. The first-order chi connectivity index (χ1) is 15.3. The number of carbonyl (C=O) groups excluding carboxylic acids is 2. The summed E-state index contributed by atoms with van der Waals surface area (Å²) in [4.78, 5) is 28.1. The van der Waals surface area contributed by atoms with E-state index in [0.29, 0.717) is 24.2 Å². The quantitative estimate of drug-likeness (QED) is 0.355. The summed E-state index contributed by atoms with van der Waals surface area (Å²) in [6.07, 6.45) is 8.04. The molecule has 5 fully saturated rings. The third-order valence-electron chi connectivity index (χ3n) is 7.26. The first-order valence-electron chi connectivity index (χ1n) is 12.6. The standard InChI is InChI=1S/C13H21NO3.C13H21NO2/c1-12(2,3)17-11(15)14-9-4-5-10(14)7-13(6-9)8-16-13;1-9-7-10-5-6-11(8-9)14(10)12(15)16-13(2,3)4/h9-10H,4-8H2,1-3H3;10-11H,1,5-8H2,2-4H3/t9-,10+,13?;10-,11+. The molecule has 33 heavy (non-hydrogen) atoms. The van der Waals surface area contributed by atoms with Crippen molar-refractivity contribution in [3.05, 3.63) is 12.2 Å². The number of hydrogen-bond donors (Lipinski definition) is 0. The van der Waals surface area contributed by atoms with Crippen LogP contribution in [0.4, 0.5) is 9.59 Å². The van der Waals surface area contributed by atoms with Crippen LogP contribution in [0.3, 0.4) is 0 Å². The second-order valence-corrected chi connectivity index (χ2v) is 12.6. The maximum atomic E-state index is 12.2. The number of nitrogens with zero attached hydrogens (tertiary/aromatic N) is 2. The van der Waals surface area contributed by atoms with Crippen LogP contribution in [-0.2, 0) is 14.2 Å². The van der Waals surface area contributed by atoms with E-state index >= 15 is 0 Å². The van der Waals surface area contributed by atoms with Crippen molar-refractivity contribution in [2.75, 3.05) is 6.61 Å². The van der Waals surface area contributed by atoms with Crippen LogP contribution in [0.5, 0.6) is 0 Å². The van der Waals surface area contributed by atoms with Crippen LogP contribution in [0.2, 0.25) is 0 Å². The fourth-order valence-corrected chi connectivity index (χ4v) is 5.98. The Kier molecular flexibility index (Phi) is 6.26. The molecule has 5 aliphatic rings. The van der Waals surface area contributed by atoms with E-state index in [2.05, 4.69) is 6.58 Å². The molecule has 4 bridgehead atoms. The molecule has 0 aromatic heterocycles. The smallest absolute Gasteiger partial charge is 0.410 e. The molecule has 7 nitrogen and oxygen atoms in total. The van der Waals surface area contributed by atoms with Gasteiger partial charge in [-0.15, -0.1) is 0 Å². The molecule has 0 aromatic rings. The molecule has 2 amide bonds. The van der Waals surface area contributed by atoms with Gasteiger partial charge in [0.2, 0.25) is 0 Å². The molecule has 5 saturated heterocycles. The summed E-state index contributed by atoms with van der Waals surface area (Å²) in [5.41, 5.74) is 0.615. The molecule has 5 rings (SSSR count). The Hall–Kier alpha value is -1.76. The summed E-state index contributed by atoms with van der Waals surface area (Å²) in [5, 5.41) is 0. The lowest BCUT2D eigenvalue weighted by molar-refractivity contribution is -0.00113. The molecule has 5 atom stereocenters. The Bertz CT molecular complexity index is 759. The highest BCUT2D eigenvalue weighted by Crippen LogP contribution is 2.49. The largest absolute Gasteiger partial charge is 0.444 e. The lowest BCUT2D eigenvalue weighted by atomic mass is 9.91. The highest BCUT2D eigenvalue weighted by Gasteiger charge is 2.57. The van der Waals surface area contributed by atoms with Crippen molar-refractivity contribution in [3.8, 4) is 0 Å². The molecule has 5 heterocycles. The minimum Gasteiger partial charge on any atom is -0.444 e. The zero-order chi connectivity index (χ0) is 24.2. The molecule has 0 radical (unpaired) electrons. The Morgan fingerprint density at radius 2 is 1.18 bits per heavy atom. The normalized spacial score (nSPS) is 34.7. The van der Waals surface area contributed by atoms with Crippen LogP contribution in [0.15, 0.2) is 12.2 Å². The summed E-state index contributed by atoms with van der Waals surface area (Å²) in [7, 11) is 0. The van der Waals surface area contributed by atoms with E-state index in [9.17, 15) is 9.59 Å². The first-order valence-corrected chi connectivity index (χ1v) is 12.6. The second-order valence-electron chi connectivity index (χ2n) is 12.6. The number of amides is 2. The molecule has 1 unspecified atom stereocenters. The summed E-state index contributed by atoms with van der Waals surface area (Å²) in [6, 6.07) is 1.35. The topological polar surface area (TPSA) is 71.6 Å². The van der Waals surface area contributed by atoms with Crippen molar-refractivity contribution in [3.63, 3.8) is 0 Å². The Morgan fingerprint density at radius 1 is 0.818 bits per heavy atom. The molecule has 0 aliphatic carbocycles. The van der Waals surface area contributed by atoms with Crippen LogP contribution in [0, 0.1) is 0 Å². The predicted octanol–water partition coefficient (Wildman–Crippen LogP) is 5.42. The lowest BCUT2D eigenvalue weighted by Gasteiger charge is -2.38. The molecule has 0 N–H and O–H groups in total. The van der Waals surface area contributed by atoms with E-state index < -0.39 is 11.2 Å². The SMILES string of the molecule is C=C1C[C@H]2CC[C@@H](C1)N2C(=O)OC(C)(C)C.CC(C)(C)OC(=O)N1[C@@H]2CC[C@H]1CC1(CO1)C2. The van der Waals surface area contributed by atoms with Crippen molar-refractivity contribution in [1.82, 2.24) is 9.80 Å². The molecule has 7 heteroatoms. The van der Waals surface area contributed by atoms with Crippen LogP contribution < -0.4 is 0 Å². The lowest BCUT2D eigenvalue weighted by Crippen LogP contribution is -2.50. The average molecular weight is 463 g/mol. The van der Waals surface area contributed by atoms with Crippen LogP contribution >= 0.6 is 0 Å². The van der Waals surface area contributed by atoms with Gasteiger partial charge in [0.25, 0.3) is 0 Å². The van der Waals surface area contributed by atoms with E-state index in [1.165, 1.54) is 5.57 Å². The van der Waals surface area contributed by atoms with E-state index in [0.717, 1.165) is 58.0 Å². The average Bonchev–Trinajstić information content (AvgIpc) is 3.23. The Balaban J connectivity index is 0.000000157. The monoisotopic (exact) mass is 462 g/mol. The molecule has 0 saturated carbocycles. The van der Waals surface area contributed by atoms with Gasteiger partial charge in [-0.05, 0) is 92.9 Å². The number of rotatable bonds is 0. The van der Waals surface area contributed by atoms with Crippen LogP contribution in [0.1, 0.15) is 92.9 Å². The second kappa shape index (κ2) is 8.47. The molecule has 5 aliphatic heterocycles. The summed E-state index contributed by atoms with van der Waals surface area (Å²) in [6.45, 7) is 16.4. The third-order valence-corrected chi connectivity index (χ3v) is 7.26. The fourth-order valence-electron chi connectivity index (χ4n) is 5.98. The van der Waals surface area contributed by atoms with Gasteiger partial charge >= 0.3 is 12.2 Å². The fraction of sp³-hybridized carbons (Fsp3) is 0.846. The van der Waals surface area contributed by atoms with Gasteiger partial charge in [0.1, 0.15) is 11.2 Å². The zero-order valence-corrected chi connectivity index (χ0v) is 21.3. The zero-order valence-electron chi connectivity index (χ0n) is 21.3. The number of ether oxygens (including phenoxy) is 3. The van der Waals surface area contributed by atoms with Crippen molar-refractivity contribution >= 4 is 12.2 Å². The Labute approximate surface area is 198 Å². The number of hydrogen-bond acceptors (Lipinski definition) is 5. The third kappa shape index (κ3) is 5.67. The summed E-state index contributed by atoms with van der Waals surface area (Å²) < 4.78 is 16.5. The van der Waals surface area contributed by atoms with Gasteiger partial charge in [0.05, 0.1) is 12.2 Å². The van der Waals surface area contributed by atoms with Gasteiger partial charge < -0.3 is 24.0 Å². The maximum Gasteiger partial charge on any atom is 0.410 e. The minimum absolute atomic E-state index is 0.129. The molecule has 1 spiro atoms. The van der Waals surface area contributed by atoms with Crippen molar-refractivity contribution in [2.45, 2.75) is 134 Å².